The number of anilines is 1. The number of alkyl halides is 3. The molecule has 2 aromatic carbocycles. The lowest BCUT2D eigenvalue weighted by atomic mass is 10.2. The van der Waals surface area contributed by atoms with Crippen molar-refractivity contribution in [2.45, 2.75) is 19.3 Å². The average Bonchev–Trinajstić information content (AvgIpc) is 3.24. The molecule has 2 N–H and O–H groups in total. The molecular formula is C23H22F3N5O3. The number of methoxy groups -OCH3 is 1. The zero-order valence-corrected chi connectivity index (χ0v) is 18.2. The number of carbonyl (C=O) groups excluding carboxylic acids is 1. The smallest absolute Gasteiger partial charge is 0.405 e. The van der Waals surface area contributed by atoms with Gasteiger partial charge in [0, 0.05) is 25.6 Å². The highest BCUT2D eigenvalue weighted by atomic mass is 19.4. The molecule has 4 aromatic rings. The largest absolute Gasteiger partial charge is 0.573 e. The Balaban J connectivity index is 1.57. The van der Waals surface area contributed by atoms with Crippen molar-refractivity contribution in [1.29, 1.82) is 0 Å². The molecule has 178 valence electrons. The van der Waals surface area contributed by atoms with Crippen molar-refractivity contribution in [3.05, 3.63) is 65.9 Å². The Morgan fingerprint density at radius 2 is 1.88 bits per heavy atom. The first-order valence-corrected chi connectivity index (χ1v) is 10.5. The van der Waals surface area contributed by atoms with Crippen LogP contribution in [0.1, 0.15) is 22.5 Å². The van der Waals surface area contributed by atoms with Gasteiger partial charge < -0.3 is 20.1 Å². The van der Waals surface area contributed by atoms with Gasteiger partial charge in [0.2, 0.25) is 5.95 Å². The van der Waals surface area contributed by atoms with E-state index >= 15 is 0 Å². The third kappa shape index (κ3) is 5.37. The molecule has 0 atom stereocenters. The molecule has 0 saturated heterocycles. The van der Waals surface area contributed by atoms with E-state index in [4.69, 9.17) is 4.74 Å². The molecule has 0 aliphatic heterocycles. The molecule has 0 aliphatic rings. The number of nitrogens with zero attached hydrogens (tertiary/aromatic N) is 3. The predicted molar refractivity (Wildman–Crippen MR) is 120 cm³/mol. The predicted octanol–water partition coefficient (Wildman–Crippen LogP) is 4.16. The summed E-state index contributed by atoms with van der Waals surface area (Å²) in [7, 11) is 1.63. The lowest BCUT2D eigenvalue weighted by Crippen LogP contribution is -2.25. The molecule has 2 heterocycles. The number of nitrogens with one attached hydrogen (secondary N) is 2. The summed E-state index contributed by atoms with van der Waals surface area (Å²) in [5, 5.41) is 11.3. The zero-order valence-electron chi connectivity index (χ0n) is 18.2. The van der Waals surface area contributed by atoms with E-state index in [1.54, 1.807) is 11.6 Å². The molecule has 0 unspecified atom stereocenters. The standard InChI is InChI=1S/C23H22F3N5O3/c1-33-12-6-11-27-22-29-18-9-4-2-7-16(18)19-13-15(30-31(19)22)14-28-21(32)17-8-3-5-10-20(17)34-23(24,25)26/h2-5,7-10,13H,6,11-12,14H2,1H3,(H,27,29)(H,28,32). The Morgan fingerprint density at radius 3 is 2.68 bits per heavy atom. The molecule has 11 heteroatoms. The van der Waals surface area contributed by atoms with E-state index in [-0.39, 0.29) is 12.1 Å². The number of benzene rings is 2. The maximum atomic E-state index is 12.7. The molecular weight excluding hydrogens is 451 g/mol. The SMILES string of the molecule is COCCCNc1nc2ccccc2c2cc(CNC(=O)c3ccccc3OC(F)(F)F)nn12. The third-order valence-electron chi connectivity index (χ3n) is 4.96. The van der Waals surface area contributed by atoms with Gasteiger partial charge in [-0.05, 0) is 30.7 Å². The van der Waals surface area contributed by atoms with Crippen molar-refractivity contribution in [2.24, 2.45) is 0 Å². The summed E-state index contributed by atoms with van der Waals surface area (Å²) in [6.45, 7) is 1.22. The highest BCUT2D eigenvalue weighted by Gasteiger charge is 2.32. The first kappa shape index (κ1) is 23.3. The lowest BCUT2D eigenvalue weighted by molar-refractivity contribution is -0.274. The number of carbonyl (C=O) groups is 1. The van der Waals surface area contributed by atoms with Gasteiger partial charge in [-0.2, -0.15) is 9.61 Å². The number of aromatic nitrogens is 3. The van der Waals surface area contributed by atoms with E-state index in [2.05, 4.69) is 25.5 Å². The van der Waals surface area contributed by atoms with Crippen LogP contribution in [0.25, 0.3) is 16.4 Å². The Morgan fingerprint density at radius 1 is 1.12 bits per heavy atom. The fourth-order valence-corrected chi connectivity index (χ4v) is 3.48. The van der Waals surface area contributed by atoms with Gasteiger partial charge in [-0.15, -0.1) is 13.2 Å². The van der Waals surface area contributed by atoms with Crippen LogP contribution < -0.4 is 15.4 Å². The van der Waals surface area contributed by atoms with Gasteiger partial charge in [0.1, 0.15) is 5.75 Å². The van der Waals surface area contributed by atoms with Crippen LogP contribution in [0.4, 0.5) is 19.1 Å². The number of rotatable bonds is 9. The Kier molecular flexibility index (Phi) is 6.82. The molecule has 0 fully saturated rings. The summed E-state index contributed by atoms with van der Waals surface area (Å²) in [6.07, 6.45) is -4.13. The lowest BCUT2D eigenvalue weighted by Gasteiger charge is -2.12. The number of hydrogen-bond donors (Lipinski definition) is 2. The van der Waals surface area contributed by atoms with Crippen LogP contribution in [-0.2, 0) is 11.3 Å². The minimum Gasteiger partial charge on any atom is -0.405 e. The van der Waals surface area contributed by atoms with Gasteiger partial charge in [-0.3, -0.25) is 4.79 Å². The minimum absolute atomic E-state index is 0.00168. The number of amides is 1. The van der Waals surface area contributed by atoms with Gasteiger partial charge in [0.05, 0.1) is 28.8 Å². The molecule has 4 rings (SSSR count). The van der Waals surface area contributed by atoms with Crippen molar-refractivity contribution >= 4 is 28.3 Å². The number of hydrogen-bond acceptors (Lipinski definition) is 6. The Bertz CT molecular complexity index is 1310. The van der Waals surface area contributed by atoms with Crippen molar-refractivity contribution < 1.29 is 27.4 Å². The molecule has 0 radical (unpaired) electrons. The van der Waals surface area contributed by atoms with Crippen molar-refractivity contribution in [3.63, 3.8) is 0 Å². The topological polar surface area (TPSA) is 89.8 Å². The van der Waals surface area contributed by atoms with E-state index in [9.17, 15) is 18.0 Å². The molecule has 2 aromatic heterocycles. The highest BCUT2D eigenvalue weighted by Crippen LogP contribution is 2.26. The zero-order chi connectivity index (χ0) is 24.1. The fourth-order valence-electron chi connectivity index (χ4n) is 3.48. The molecule has 0 aliphatic carbocycles. The molecule has 34 heavy (non-hydrogen) atoms. The number of halogens is 3. The fraction of sp³-hybridized carbons (Fsp3) is 0.261. The summed E-state index contributed by atoms with van der Waals surface area (Å²) < 4.78 is 48.7. The minimum atomic E-state index is -4.90. The molecule has 0 spiro atoms. The molecule has 1 amide bonds. The highest BCUT2D eigenvalue weighted by molar-refractivity contribution is 5.97. The van der Waals surface area contributed by atoms with Gasteiger partial charge >= 0.3 is 6.36 Å². The first-order chi connectivity index (χ1) is 16.4. The van der Waals surface area contributed by atoms with Crippen molar-refractivity contribution in [2.75, 3.05) is 25.6 Å². The number of fused-ring (bicyclic) bond motifs is 3. The summed E-state index contributed by atoms with van der Waals surface area (Å²) in [5.74, 6) is -0.746. The normalized spacial score (nSPS) is 11.6. The van der Waals surface area contributed by atoms with Crippen LogP contribution in [0.2, 0.25) is 0 Å². The van der Waals surface area contributed by atoms with E-state index in [1.165, 1.54) is 18.2 Å². The second kappa shape index (κ2) is 9.96. The summed E-state index contributed by atoms with van der Waals surface area (Å²) in [6, 6.07) is 14.6. The van der Waals surface area contributed by atoms with Crippen LogP contribution in [0, 0.1) is 0 Å². The van der Waals surface area contributed by atoms with Crippen LogP contribution >= 0.6 is 0 Å². The third-order valence-corrected chi connectivity index (χ3v) is 4.96. The monoisotopic (exact) mass is 473 g/mol. The van der Waals surface area contributed by atoms with Crippen molar-refractivity contribution in [3.8, 4) is 5.75 Å². The van der Waals surface area contributed by atoms with Gasteiger partial charge in [-0.25, -0.2) is 4.98 Å². The first-order valence-electron chi connectivity index (χ1n) is 10.5. The van der Waals surface area contributed by atoms with Gasteiger partial charge in [0.15, 0.2) is 0 Å². The van der Waals surface area contributed by atoms with Crippen LogP contribution in [0.3, 0.4) is 0 Å². The summed E-state index contributed by atoms with van der Waals surface area (Å²) >= 11 is 0. The van der Waals surface area contributed by atoms with Crippen molar-refractivity contribution in [1.82, 2.24) is 19.9 Å². The Labute approximate surface area is 192 Å². The maximum Gasteiger partial charge on any atom is 0.573 e. The van der Waals surface area contributed by atoms with E-state index < -0.39 is 18.0 Å². The average molecular weight is 473 g/mol. The summed E-state index contributed by atoms with van der Waals surface area (Å²) in [5.41, 5.74) is 1.85. The molecule has 0 bridgehead atoms. The summed E-state index contributed by atoms with van der Waals surface area (Å²) in [4.78, 5) is 17.2. The van der Waals surface area contributed by atoms with Crippen LogP contribution in [-0.4, -0.2) is 47.1 Å². The second-order valence-electron chi connectivity index (χ2n) is 7.39. The maximum absolute atomic E-state index is 12.7. The molecule has 8 nitrogen and oxygen atoms in total. The van der Waals surface area contributed by atoms with Gasteiger partial charge in [0.25, 0.3) is 5.91 Å². The Hall–Kier alpha value is -3.86. The van der Waals surface area contributed by atoms with E-state index in [1.807, 2.05) is 30.3 Å². The second-order valence-corrected chi connectivity index (χ2v) is 7.39. The quantitative estimate of drug-likeness (QED) is 0.355. The van der Waals surface area contributed by atoms with Gasteiger partial charge in [-0.1, -0.05) is 30.3 Å². The number of para-hydroxylation sites is 2. The van der Waals surface area contributed by atoms with E-state index in [0.29, 0.717) is 24.8 Å². The molecule has 0 saturated carbocycles. The van der Waals surface area contributed by atoms with Crippen LogP contribution in [0.5, 0.6) is 5.75 Å². The van der Waals surface area contributed by atoms with Crippen LogP contribution in [0.15, 0.2) is 54.6 Å². The number of ether oxygens (including phenoxy) is 2. The van der Waals surface area contributed by atoms with E-state index in [0.717, 1.165) is 28.9 Å².